The van der Waals surface area contributed by atoms with Crippen LogP contribution in [-0.4, -0.2) is 35.1 Å². The van der Waals surface area contributed by atoms with Gasteiger partial charge in [-0.2, -0.15) is 0 Å². The lowest BCUT2D eigenvalue weighted by atomic mass is 10.1. The zero-order valence-electron chi connectivity index (χ0n) is 16.2. The van der Waals surface area contributed by atoms with E-state index in [1.54, 1.807) is 12.1 Å². The van der Waals surface area contributed by atoms with Crippen LogP contribution in [0.15, 0.2) is 58.2 Å². The van der Waals surface area contributed by atoms with Gasteiger partial charge in [-0.05, 0) is 50.2 Å². The van der Waals surface area contributed by atoms with E-state index >= 15 is 0 Å². The van der Waals surface area contributed by atoms with Gasteiger partial charge < -0.3 is 13.9 Å². The molecule has 3 aromatic rings. The molecule has 0 spiro atoms. The monoisotopic (exact) mass is 408 g/mol. The number of thioether (sulfide) groups is 1. The average molecular weight is 408 g/mol. The molecule has 0 aliphatic heterocycles. The third-order valence-electron chi connectivity index (χ3n) is 3.77. The summed E-state index contributed by atoms with van der Waals surface area (Å²) >= 11 is 1.32. The van der Waals surface area contributed by atoms with E-state index in [1.165, 1.54) is 11.8 Å². The summed E-state index contributed by atoms with van der Waals surface area (Å²) in [6.07, 6.45) is 0. The molecule has 0 radical (unpaired) electrons. The van der Waals surface area contributed by atoms with Crippen LogP contribution in [0.1, 0.15) is 22.8 Å². The van der Waals surface area contributed by atoms with Crippen LogP contribution < -0.4 is 4.74 Å². The summed E-state index contributed by atoms with van der Waals surface area (Å²) in [6.45, 7) is 4.55. The van der Waals surface area contributed by atoms with Gasteiger partial charge in [0.15, 0.2) is 6.61 Å². The van der Waals surface area contributed by atoms with Crippen LogP contribution in [0, 0.1) is 18.8 Å². The van der Waals surface area contributed by atoms with Gasteiger partial charge in [-0.1, -0.05) is 41.3 Å². The average Bonchev–Trinajstić information content (AvgIpc) is 3.20. The van der Waals surface area contributed by atoms with Gasteiger partial charge in [0.2, 0.25) is 5.89 Å². The summed E-state index contributed by atoms with van der Waals surface area (Å²) in [5.74, 6) is 7.02. The fourth-order valence-electron chi connectivity index (χ4n) is 2.32. The highest BCUT2D eigenvalue weighted by Gasteiger charge is 2.09. The molecule has 0 unspecified atom stereocenters. The number of rotatable bonds is 7. The molecule has 6 nitrogen and oxygen atoms in total. The second-order valence-corrected chi connectivity index (χ2v) is 6.84. The largest absolute Gasteiger partial charge is 0.494 e. The van der Waals surface area contributed by atoms with Crippen LogP contribution >= 0.6 is 11.8 Å². The van der Waals surface area contributed by atoms with Crippen molar-refractivity contribution in [3.8, 4) is 29.0 Å². The van der Waals surface area contributed by atoms with E-state index in [9.17, 15) is 4.79 Å². The Bertz CT molecular complexity index is 1000. The lowest BCUT2D eigenvalue weighted by molar-refractivity contribution is 0.0556. The first-order chi connectivity index (χ1) is 14.2. The molecule has 0 bridgehead atoms. The predicted molar refractivity (Wildman–Crippen MR) is 111 cm³/mol. The fourth-order valence-corrected chi connectivity index (χ4v) is 2.85. The smallest absolute Gasteiger partial charge is 0.339 e. The second-order valence-electron chi connectivity index (χ2n) is 5.91. The minimum Gasteiger partial charge on any atom is -0.494 e. The van der Waals surface area contributed by atoms with Crippen molar-refractivity contribution in [2.24, 2.45) is 0 Å². The van der Waals surface area contributed by atoms with Crippen molar-refractivity contribution < 1.29 is 18.7 Å². The Labute approximate surface area is 173 Å². The van der Waals surface area contributed by atoms with Crippen molar-refractivity contribution in [2.45, 2.75) is 19.1 Å². The molecule has 1 heterocycles. The molecule has 2 aromatic carbocycles. The Balaban J connectivity index is 1.43. The Hall–Kier alpha value is -3.24. The Kier molecular flexibility index (Phi) is 7.31. The molecule has 7 heteroatoms. The van der Waals surface area contributed by atoms with Crippen LogP contribution in [0.2, 0.25) is 0 Å². The summed E-state index contributed by atoms with van der Waals surface area (Å²) < 4.78 is 16.2. The maximum Gasteiger partial charge on any atom is 0.339 e. The van der Waals surface area contributed by atoms with Gasteiger partial charge in [-0.25, -0.2) is 4.79 Å². The lowest BCUT2D eigenvalue weighted by Gasteiger charge is -2.02. The van der Waals surface area contributed by atoms with Crippen molar-refractivity contribution >= 4 is 17.7 Å². The Morgan fingerprint density at radius 3 is 2.55 bits per heavy atom. The third-order valence-corrected chi connectivity index (χ3v) is 4.47. The molecule has 29 heavy (non-hydrogen) atoms. The van der Waals surface area contributed by atoms with E-state index in [1.807, 2.05) is 50.2 Å². The third kappa shape index (κ3) is 6.13. The molecule has 0 N–H and O–H groups in total. The molecule has 0 amide bonds. The molecule has 0 saturated carbocycles. The molecule has 0 aliphatic rings. The molecule has 148 valence electrons. The second kappa shape index (κ2) is 10.3. The first-order valence-electron chi connectivity index (χ1n) is 9.04. The summed E-state index contributed by atoms with van der Waals surface area (Å²) in [5, 5.41) is 8.48. The van der Waals surface area contributed by atoms with Gasteiger partial charge >= 0.3 is 5.97 Å². The number of carbonyl (C=O) groups excluding carboxylic acids is 1. The van der Waals surface area contributed by atoms with Crippen molar-refractivity contribution in [2.75, 3.05) is 19.0 Å². The first-order valence-corrected chi connectivity index (χ1v) is 10.0. The number of hydrogen-bond acceptors (Lipinski definition) is 7. The van der Waals surface area contributed by atoms with Crippen LogP contribution in [0.4, 0.5) is 0 Å². The number of aryl methyl sites for hydroxylation is 1. The summed E-state index contributed by atoms with van der Waals surface area (Å²) in [5.41, 5.74) is 2.42. The van der Waals surface area contributed by atoms with E-state index in [0.717, 1.165) is 16.9 Å². The van der Waals surface area contributed by atoms with Gasteiger partial charge in [0.1, 0.15) is 5.75 Å². The van der Waals surface area contributed by atoms with Gasteiger partial charge in [0.25, 0.3) is 5.22 Å². The van der Waals surface area contributed by atoms with Crippen molar-refractivity contribution in [1.82, 2.24) is 10.2 Å². The van der Waals surface area contributed by atoms with Gasteiger partial charge in [0, 0.05) is 5.56 Å². The molecule has 0 atom stereocenters. The molecule has 0 fully saturated rings. The van der Waals surface area contributed by atoms with E-state index in [0.29, 0.717) is 29.0 Å². The van der Waals surface area contributed by atoms with Crippen LogP contribution in [-0.2, 0) is 4.74 Å². The Morgan fingerprint density at radius 2 is 1.83 bits per heavy atom. The molecular formula is C22H20N2O4S. The number of carbonyl (C=O) groups is 1. The van der Waals surface area contributed by atoms with Gasteiger partial charge in [0.05, 0.1) is 17.9 Å². The van der Waals surface area contributed by atoms with E-state index in [2.05, 4.69) is 22.0 Å². The van der Waals surface area contributed by atoms with E-state index in [-0.39, 0.29) is 12.6 Å². The number of aromatic nitrogens is 2. The summed E-state index contributed by atoms with van der Waals surface area (Å²) in [7, 11) is 0. The number of esters is 1. The topological polar surface area (TPSA) is 74.5 Å². The van der Waals surface area contributed by atoms with Crippen LogP contribution in [0.25, 0.3) is 11.5 Å². The molecular weight excluding hydrogens is 388 g/mol. The molecule has 0 aliphatic carbocycles. The van der Waals surface area contributed by atoms with Gasteiger partial charge in [-0.15, -0.1) is 10.2 Å². The minimum atomic E-state index is -0.385. The standard InChI is InChI=1S/C22H20N2O4S/c1-3-26-19-12-10-17(11-13-19)20-23-24-22(28-20)29-15-5-4-14-27-21(25)18-8-6-16(2)7-9-18/h6-13H,3,14-15H2,1-2H3. The predicted octanol–water partition coefficient (Wildman–Crippen LogP) is 4.40. The highest BCUT2D eigenvalue weighted by Crippen LogP contribution is 2.24. The number of nitrogens with zero attached hydrogens (tertiary/aromatic N) is 2. The molecule has 3 rings (SSSR count). The highest BCUT2D eigenvalue weighted by molar-refractivity contribution is 7.99. The SMILES string of the molecule is CCOc1ccc(-c2nnc(SCC#CCOC(=O)c3ccc(C)cc3)o2)cc1. The van der Waals surface area contributed by atoms with Crippen molar-refractivity contribution in [3.05, 3.63) is 59.7 Å². The summed E-state index contributed by atoms with van der Waals surface area (Å²) in [6, 6.07) is 14.7. The Morgan fingerprint density at radius 1 is 1.07 bits per heavy atom. The zero-order valence-corrected chi connectivity index (χ0v) is 17.0. The normalized spacial score (nSPS) is 10.1. The number of hydrogen-bond donors (Lipinski definition) is 0. The summed E-state index contributed by atoms with van der Waals surface area (Å²) in [4.78, 5) is 11.9. The fraction of sp³-hybridized carbons (Fsp3) is 0.227. The number of benzene rings is 2. The number of ether oxygens (including phenoxy) is 2. The first kappa shape index (κ1) is 20.5. The maximum absolute atomic E-state index is 11.9. The van der Waals surface area contributed by atoms with Crippen LogP contribution in [0.3, 0.4) is 0 Å². The van der Waals surface area contributed by atoms with E-state index < -0.39 is 0 Å². The van der Waals surface area contributed by atoms with Crippen molar-refractivity contribution in [1.29, 1.82) is 0 Å². The highest BCUT2D eigenvalue weighted by atomic mass is 32.2. The molecule has 0 saturated heterocycles. The maximum atomic E-state index is 11.9. The quantitative estimate of drug-likeness (QED) is 0.326. The molecule has 1 aromatic heterocycles. The zero-order chi connectivity index (χ0) is 20.5. The lowest BCUT2D eigenvalue weighted by Crippen LogP contribution is -2.05. The minimum absolute atomic E-state index is 0.0362. The van der Waals surface area contributed by atoms with Crippen LogP contribution in [0.5, 0.6) is 5.75 Å². The van der Waals surface area contributed by atoms with Crippen molar-refractivity contribution in [3.63, 3.8) is 0 Å². The van der Waals surface area contributed by atoms with Gasteiger partial charge in [-0.3, -0.25) is 0 Å². The van der Waals surface area contributed by atoms with E-state index in [4.69, 9.17) is 13.9 Å².